The van der Waals surface area contributed by atoms with Crippen LogP contribution in [0.15, 0.2) is 97.3 Å². The molecule has 37 heavy (non-hydrogen) atoms. The zero-order valence-electron chi connectivity index (χ0n) is 23.9. The molecule has 3 heterocycles. The van der Waals surface area contributed by atoms with E-state index < -0.39 is 14.9 Å². The van der Waals surface area contributed by atoms with Gasteiger partial charge in [-0.1, -0.05) is 67.5 Å². The maximum absolute atomic E-state index is 7.23. The van der Waals surface area contributed by atoms with Gasteiger partial charge < -0.3 is 9.97 Å². The molecule has 0 aliphatic rings. The number of pyridine rings is 2. The topological polar surface area (TPSA) is 25.8 Å². The molecule has 0 amide bonds. The molecular weight excluding hydrogens is 665 g/mol. The van der Waals surface area contributed by atoms with Gasteiger partial charge in [0.05, 0.1) is 0 Å². The van der Waals surface area contributed by atoms with Crippen LogP contribution in [0.4, 0.5) is 0 Å². The van der Waals surface area contributed by atoms with Crippen molar-refractivity contribution in [1.82, 2.24) is 9.97 Å². The maximum atomic E-state index is 7.23. The number of nitrogens with zero attached hydrogens (tertiary/aromatic N) is 2. The van der Waals surface area contributed by atoms with Gasteiger partial charge in [-0.2, -0.15) is 11.3 Å². The summed E-state index contributed by atoms with van der Waals surface area (Å²) in [6, 6.07) is 34.3. The maximum Gasteiger partial charge on any atom is 0.0300 e. The van der Waals surface area contributed by atoms with Gasteiger partial charge in [-0.15, -0.1) is 58.8 Å². The monoisotopic (exact) mass is 696 g/mol. The molecule has 0 aliphatic carbocycles. The van der Waals surface area contributed by atoms with Crippen molar-refractivity contribution >= 4 is 44.8 Å². The molecule has 0 bridgehead atoms. The Kier molecular flexibility index (Phi) is 7.28. The van der Waals surface area contributed by atoms with Gasteiger partial charge in [0.15, 0.2) is 0 Å². The Morgan fingerprint density at radius 2 is 1.65 bits per heavy atom. The Morgan fingerprint density at radius 3 is 2.32 bits per heavy atom. The molecule has 0 spiro atoms. The van der Waals surface area contributed by atoms with Crippen LogP contribution in [0.25, 0.3) is 42.7 Å². The van der Waals surface area contributed by atoms with Crippen LogP contribution >= 0.6 is 11.3 Å². The van der Waals surface area contributed by atoms with Crippen molar-refractivity contribution in [2.24, 2.45) is 0 Å². The second kappa shape index (κ2) is 11.6. The number of rotatable bonds is 3. The molecule has 2 nitrogen and oxygen atoms in total. The van der Waals surface area contributed by atoms with Crippen molar-refractivity contribution in [1.29, 1.82) is 0 Å². The van der Waals surface area contributed by atoms with E-state index in [1.807, 2.05) is 47.9 Å². The van der Waals surface area contributed by atoms with Gasteiger partial charge in [0.1, 0.15) is 0 Å². The van der Waals surface area contributed by atoms with Gasteiger partial charge >= 0.3 is 0 Å². The van der Waals surface area contributed by atoms with Crippen LogP contribution in [0, 0.1) is 19.0 Å². The zero-order chi connectivity index (χ0) is 27.6. The molecule has 187 valence electrons. The molecule has 5 heteroatoms. The molecule has 0 saturated heterocycles. The second-order valence-corrected chi connectivity index (χ2v) is 15.6. The van der Waals surface area contributed by atoms with E-state index in [9.17, 15) is 0 Å². The first-order chi connectivity index (χ1) is 18.6. The van der Waals surface area contributed by atoms with Gasteiger partial charge in [0, 0.05) is 49.4 Å². The average molecular weight is 696 g/mol. The number of benzene rings is 3. The van der Waals surface area contributed by atoms with E-state index in [4.69, 9.17) is 4.11 Å². The van der Waals surface area contributed by atoms with Crippen LogP contribution in [0.3, 0.4) is 0 Å². The molecule has 0 saturated carbocycles. The smallest absolute Gasteiger partial charge is 0.0300 e. The van der Waals surface area contributed by atoms with Gasteiger partial charge in [-0.05, 0) is 46.0 Å². The molecule has 0 aliphatic heterocycles. The van der Waals surface area contributed by atoms with E-state index in [0.717, 1.165) is 22.5 Å². The molecule has 1 radical (unpaired) electrons. The number of thiophene rings is 1. The third-order valence-corrected chi connectivity index (χ3v) is 9.13. The number of fused-ring (bicyclic) bond motifs is 3. The van der Waals surface area contributed by atoms with E-state index >= 15 is 0 Å². The van der Waals surface area contributed by atoms with Gasteiger partial charge in [0.25, 0.3) is 0 Å². The number of hydrogen-bond acceptors (Lipinski definition) is 3. The van der Waals surface area contributed by atoms with E-state index in [1.165, 1.54) is 31.6 Å². The first kappa shape index (κ1) is 23.2. The van der Waals surface area contributed by atoms with E-state index in [0.29, 0.717) is 0 Å². The van der Waals surface area contributed by atoms with Gasteiger partial charge in [-0.25, -0.2) is 0 Å². The van der Waals surface area contributed by atoms with Gasteiger partial charge in [-0.3, -0.25) is 0 Å². The van der Waals surface area contributed by atoms with Crippen molar-refractivity contribution < 1.29 is 24.2 Å². The SMILES string of the molecule is C[Si](C)(C)c1c[c-]c(-c2ccccn2)c2sc3ccccc3c12.[2H]C([2H])([2H])c1ccc(-c2[c-]cccc2)nc1.[Ir]. The fourth-order valence-corrected chi connectivity index (χ4v) is 7.01. The molecule has 0 fully saturated rings. The summed E-state index contributed by atoms with van der Waals surface area (Å²) < 4.78 is 24.4. The van der Waals surface area contributed by atoms with Crippen LogP contribution in [-0.2, 0) is 20.1 Å². The first-order valence-corrected chi connectivity index (χ1v) is 16.2. The second-order valence-electron chi connectivity index (χ2n) is 9.55. The Balaban J connectivity index is 0.000000192. The average Bonchev–Trinajstić information content (AvgIpc) is 3.33. The van der Waals surface area contributed by atoms with Crippen LogP contribution < -0.4 is 5.19 Å². The standard InChI is InChI=1S/C20H18NSSi.C12H10N.Ir/c1-23(2,3)18-12-11-14(16-9-6-7-13-21-16)20-19(18)15-8-4-5-10-17(15)22-20;1-10-7-8-12(13-9-10)11-5-3-2-4-6-11;/h4-10,12-13H,1-3H3;2-5,7-9H,1H3;/q2*-1;/i;1D3;. The number of aryl methyl sites for hydroxylation is 1. The number of aromatic nitrogens is 2. The van der Waals surface area contributed by atoms with E-state index in [1.54, 1.807) is 18.2 Å². The number of hydrogen-bond donors (Lipinski definition) is 0. The molecule has 6 rings (SSSR count). The largest absolute Gasteiger partial charge is 0.305 e. The molecule has 0 N–H and O–H groups in total. The summed E-state index contributed by atoms with van der Waals surface area (Å²) in [4.78, 5) is 8.67. The first-order valence-electron chi connectivity index (χ1n) is 13.3. The fraction of sp³-hybridized carbons (Fsp3) is 0.125. The minimum absolute atomic E-state index is 0. The third kappa shape index (κ3) is 5.97. The predicted octanol–water partition coefficient (Wildman–Crippen LogP) is 8.32. The quantitative estimate of drug-likeness (QED) is 0.138. The normalized spacial score (nSPS) is 12.6. The third-order valence-electron chi connectivity index (χ3n) is 5.93. The predicted molar refractivity (Wildman–Crippen MR) is 158 cm³/mol. The summed E-state index contributed by atoms with van der Waals surface area (Å²) in [6.07, 6.45) is 3.25. The summed E-state index contributed by atoms with van der Waals surface area (Å²) in [5.74, 6) is 0. The summed E-state index contributed by atoms with van der Waals surface area (Å²) >= 11 is 1.86. The minimum Gasteiger partial charge on any atom is -0.305 e. The van der Waals surface area contributed by atoms with E-state index in [2.05, 4.69) is 78.1 Å². The van der Waals surface area contributed by atoms with Crippen LogP contribution in [0.2, 0.25) is 19.6 Å². The molecule has 0 unspecified atom stereocenters. The van der Waals surface area contributed by atoms with Crippen molar-refractivity contribution in [3.63, 3.8) is 0 Å². The molecule has 3 aromatic carbocycles. The fourth-order valence-electron chi connectivity index (χ4n) is 4.17. The Labute approximate surface area is 242 Å². The van der Waals surface area contributed by atoms with Crippen LogP contribution in [0.5, 0.6) is 0 Å². The van der Waals surface area contributed by atoms with Crippen LogP contribution in [-0.4, -0.2) is 18.0 Å². The molecule has 0 atom stereocenters. The van der Waals surface area contributed by atoms with Crippen molar-refractivity contribution in [2.45, 2.75) is 26.5 Å². The van der Waals surface area contributed by atoms with E-state index in [-0.39, 0.29) is 25.7 Å². The molecular formula is C32H28IrN2SSi-2. The summed E-state index contributed by atoms with van der Waals surface area (Å²) in [7, 11) is -1.45. The summed E-state index contributed by atoms with van der Waals surface area (Å²) in [6.45, 7) is 5.12. The Bertz CT molecular complexity index is 1710. The Morgan fingerprint density at radius 1 is 0.838 bits per heavy atom. The zero-order valence-corrected chi connectivity index (χ0v) is 25.1. The molecule has 6 aromatic rings. The summed E-state index contributed by atoms with van der Waals surface area (Å²) in [5, 5.41) is 4.28. The Hall–Kier alpha value is -2.95. The van der Waals surface area contributed by atoms with Crippen LogP contribution in [0.1, 0.15) is 9.68 Å². The van der Waals surface area contributed by atoms with Crippen molar-refractivity contribution in [3.05, 3.63) is 115 Å². The van der Waals surface area contributed by atoms with Crippen molar-refractivity contribution in [3.8, 4) is 22.5 Å². The van der Waals surface area contributed by atoms with Gasteiger partial charge in [0.2, 0.25) is 0 Å². The summed E-state index contributed by atoms with van der Waals surface area (Å²) in [5.41, 5.74) is 3.98. The van der Waals surface area contributed by atoms with Crippen molar-refractivity contribution in [2.75, 3.05) is 0 Å². The molecule has 3 aromatic heterocycles. The minimum atomic E-state index is -2.09.